The summed E-state index contributed by atoms with van der Waals surface area (Å²) in [6, 6.07) is 8.64. The third kappa shape index (κ3) is 2.85. The first-order chi connectivity index (χ1) is 7.79. The summed E-state index contributed by atoms with van der Waals surface area (Å²) in [5.41, 5.74) is 7.87. The highest BCUT2D eigenvalue weighted by atomic mass is 32.2. The average molecular weight is 236 g/mol. The molecule has 3 N–H and O–H groups in total. The van der Waals surface area contributed by atoms with Gasteiger partial charge in [-0.2, -0.15) is 11.8 Å². The molecule has 1 fully saturated rings. The number of para-hydroxylation sites is 2. The monoisotopic (exact) mass is 236 g/mol. The van der Waals surface area contributed by atoms with E-state index in [1.165, 1.54) is 25.7 Å². The first kappa shape index (κ1) is 11.6. The SMILES string of the molecule is CSC1CCC(Nc2ccccc2N)CC1. The van der Waals surface area contributed by atoms with Crippen LogP contribution in [0.15, 0.2) is 24.3 Å². The number of anilines is 2. The highest BCUT2D eigenvalue weighted by molar-refractivity contribution is 7.99. The van der Waals surface area contributed by atoms with Gasteiger partial charge >= 0.3 is 0 Å². The van der Waals surface area contributed by atoms with Crippen molar-refractivity contribution >= 4 is 23.1 Å². The first-order valence-corrected chi connectivity index (χ1v) is 7.22. The molecule has 0 bridgehead atoms. The molecular formula is C13H20N2S. The van der Waals surface area contributed by atoms with Crippen LogP contribution in [0.2, 0.25) is 0 Å². The third-order valence-corrected chi connectivity index (χ3v) is 4.47. The summed E-state index contributed by atoms with van der Waals surface area (Å²) in [7, 11) is 0. The number of nitrogen functional groups attached to an aromatic ring is 1. The molecule has 0 unspecified atom stereocenters. The van der Waals surface area contributed by atoms with E-state index in [1.807, 2.05) is 30.0 Å². The number of nitrogens with two attached hydrogens (primary N) is 1. The zero-order valence-corrected chi connectivity index (χ0v) is 10.6. The van der Waals surface area contributed by atoms with Crippen LogP contribution in [0.5, 0.6) is 0 Å². The van der Waals surface area contributed by atoms with Crippen molar-refractivity contribution in [3.63, 3.8) is 0 Å². The van der Waals surface area contributed by atoms with Gasteiger partial charge in [-0.3, -0.25) is 0 Å². The van der Waals surface area contributed by atoms with Crippen LogP contribution < -0.4 is 11.1 Å². The van der Waals surface area contributed by atoms with Gasteiger partial charge in [0.2, 0.25) is 0 Å². The highest BCUT2D eigenvalue weighted by Gasteiger charge is 2.20. The second kappa shape index (κ2) is 5.48. The number of hydrogen-bond donors (Lipinski definition) is 2. The van der Waals surface area contributed by atoms with Gasteiger partial charge in [0.1, 0.15) is 0 Å². The molecule has 16 heavy (non-hydrogen) atoms. The maximum Gasteiger partial charge on any atom is 0.0576 e. The van der Waals surface area contributed by atoms with Crippen LogP contribution >= 0.6 is 11.8 Å². The number of thioether (sulfide) groups is 1. The fraction of sp³-hybridized carbons (Fsp3) is 0.538. The van der Waals surface area contributed by atoms with Gasteiger partial charge in [-0.15, -0.1) is 0 Å². The highest BCUT2D eigenvalue weighted by Crippen LogP contribution is 2.29. The lowest BCUT2D eigenvalue weighted by Gasteiger charge is -2.29. The Kier molecular flexibility index (Phi) is 3.99. The Morgan fingerprint density at radius 3 is 2.50 bits per heavy atom. The molecule has 0 radical (unpaired) electrons. The molecule has 2 rings (SSSR count). The van der Waals surface area contributed by atoms with Gasteiger partial charge in [-0.25, -0.2) is 0 Å². The number of hydrogen-bond acceptors (Lipinski definition) is 3. The van der Waals surface area contributed by atoms with E-state index in [-0.39, 0.29) is 0 Å². The van der Waals surface area contributed by atoms with Crippen LogP contribution in [0.1, 0.15) is 25.7 Å². The van der Waals surface area contributed by atoms with E-state index in [9.17, 15) is 0 Å². The van der Waals surface area contributed by atoms with Crippen molar-refractivity contribution in [2.75, 3.05) is 17.3 Å². The fourth-order valence-corrected chi connectivity index (χ4v) is 3.03. The van der Waals surface area contributed by atoms with Crippen LogP contribution in [-0.2, 0) is 0 Å². The molecule has 2 nitrogen and oxygen atoms in total. The number of nitrogens with one attached hydrogen (secondary N) is 1. The summed E-state index contributed by atoms with van der Waals surface area (Å²) in [4.78, 5) is 0. The van der Waals surface area contributed by atoms with Gasteiger partial charge in [-0.05, 0) is 44.1 Å². The predicted octanol–water partition coefficient (Wildman–Crippen LogP) is 3.35. The zero-order valence-electron chi connectivity index (χ0n) is 9.78. The van der Waals surface area contributed by atoms with E-state index >= 15 is 0 Å². The quantitative estimate of drug-likeness (QED) is 0.790. The van der Waals surface area contributed by atoms with Crippen molar-refractivity contribution in [1.29, 1.82) is 0 Å². The second-order valence-corrected chi connectivity index (χ2v) is 5.58. The molecule has 1 saturated carbocycles. The molecule has 0 amide bonds. The minimum Gasteiger partial charge on any atom is -0.397 e. The minimum atomic E-state index is 0.605. The summed E-state index contributed by atoms with van der Waals surface area (Å²) in [5.74, 6) is 0. The van der Waals surface area contributed by atoms with E-state index in [4.69, 9.17) is 5.73 Å². The summed E-state index contributed by atoms with van der Waals surface area (Å²) in [6.45, 7) is 0. The van der Waals surface area contributed by atoms with Gasteiger partial charge in [0.15, 0.2) is 0 Å². The molecular weight excluding hydrogens is 216 g/mol. The number of benzene rings is 1. The molecule has 1 aromatic rings. The Bertz CT molecular complexity index is 332. The van der Waals surface area contributed by atoms with Gasteiger partial charge in [0, 0.05) is 11.3 Å². The minimum absolute atomic E-state index is 0.605. The molecule has 1 aliphatic rings. The van der Waals surface area contributed by atoms with Crippen molar-refractivity contribution in [1.82, 2.24) is 0 Å². The van der Waals surface area contributed by atoms with Gasteiger partial charge in [0.25, 0.3) is 0 Å². The molecule has 1 aliphatic carbocycles. The Morgan fingerprint density at radius 2 is 1.88 bits per heavy atom. The van der Waals surface area contributed by atoms with E-state index in [2.05, 4.69) is 17.6 Å². The second-order valence-electron chi connectivity index (χ2n) is 4.44. The summed E-state index contributed by atoms with van der Waals surface area (Å²) in [6.07, 6.45) is 7.39. The summed E-state index contributed by atoms with van der Waals surface area (Å²) in [5, 5.41) is 4.43. The van der Waals surface area contributed by atoms with Crippen LogP contribution in [0.3, 0.4) is 0 Å². The molecule has 0 heterocycles. The lowest BCUT2D eigenvalue weighted by atomic mass is 9.94. The maximum absolute atomic E-state index is 5.92. The van der Waals surface area contributed by atoms with Crippen molar-refractivity contribution in [3.8, 4) is 0 Å². The molecule has 88 valence electrons. The molecule has 0 atom stereocenters. The largest absolute Gasteiger partial charge is 0.397 e. The van der Waals surface area contributed by atoms with E-state index in [0.717, 1.165) is 16.6 Å². The van der Waals surface area contributed by atoms with Crippen molar-refractivity contribution in [2.24, 2.45) is 0 Å². The van der Waals surface area contributed by atoms with Crippen LogP contribution in [-0.4, -0.2) is 17.5 Å². The fourth-order valence-electron chi connectivity index (χ4n) is 2.29. The molecule has 0 aromatic heterocycles. The molecule has 0 saturated heterocycles. The van der Waals surface area contributed by atoms with Crippen molar-refractivity contribution in [3.05, 3.63) is 24.3 Å². The third-order valence-electron chi connectivity index (χ3n) is 3.33. The predicted molar refractivity (Wildman–Crippen MR) is 74.0 cm³/mol. The van der Waals surface area contributed by atoms with Crippen molar-refractivity contribution < 1.29 is 0 Å². The Hall–Kier alpha value is -0.830. The van der Waals surface area contributed by atoms with Gasteiger partial charge in [-0.1, -0.05) is 12.1 Å². The standard InChI is InChI=1S/C13H20N2S/c1-16-11-8-6-10(7-9-11)15-13-5-3-2-4-12(13)14/h2-5,10-11,15H,6-9,14H2,1H3. The van der Waals surface area contributed by atoms with Crippen molar-refractivity contribution in [2.45, 2.75) is 37.0 Å². The van der Waals surface area contributed by atoms with E-state index in [1.54, 1.807) is 0 Å². The molecule has 3 heteroatoms. The lowest BCUT2D eigenvalue weighted by Crippen LogP contribution is -2.27. The van der Waals surface area contributed by atoms with Gasteiger partial charge in [0.05, 0.1) is 11.4 Å². The topological polar surface area (TPSA) is 38.0 Å². The van der Waals surface area contributed by atoms with E-state index in [0.29, 0.717) is 6.04 Å². The average Bonchev–Trinajstić information content (AvgIpc) is 2.33. The van der Waals surface area contributed by atoms with E-state index < -0.39 is 0 Å². The lowest BCUT2D eigenvalue weighted by molar-refractivity contribution is 0.473. The number of rotatable bonds is 3. The Labute approximate surface area is 102 Å². The maximum atomic E-state index is 5.92. The first-order valence-electron chi connectivity index (χ1n) is 5.93. The molecule has 0 spiro atoms. The summed E-state index contributed by atoms with van der Waals surface area (Å²) < 4.78 is 0. The van der Waals surface area contributed by atoms with Crippen LogP contribution in [0.25, 0.3) is 0 Å². The zero-order chi connectivity index (χ0) is 11.4. The normalized spacial score (nSPS) is 25.3. The molecule has 0 aliphatic heterocycles. The van der Waals surface area contributed by atoms with Crippen LogP contribution in [0, 0.1) is 0 Å². The van der Waals surface area contributed by atoms with Gasteiger partial charge < -0.3 is 11.1 Å². The summed E-state index contributed by atoms with van der Waals surface area (Å²) >= 11 is 2.00. The smallest absolute Gasteiger partial charge is 0.0576 e. The molecule has 1 aromatic carbocycles. The Balaban J connectivity index is 1.89. The van der Waals surface area contributed by atoms with Crippen LogP contribution in [0.4, 0.5) is 11.4 Å². The Morgan fingerprint density at radius 1 is 1.19 bits per heavy atom.